The van der Waals surface area contributed by atoms with Crippen LogP contribution in [0.25, 0.3) is 0 Å². The average molecular weight is 322 g/mol. The lowest BCUT2D eigenvalue weighted by molar-refractivity contribution is -0.288. The van der Waals surface area contributed by atoms with E-state index in [1.165, 1.54) is 0 Å². The van der Waals surface area contributed by atoms with Crippen molar-refractivity contribution < 1.29 is 14.9 Å². The maximum atomic E-state index is 10.7. The number of hydrogen-bond acceptors (Lipinski definition) is 3. The Morgan fingerprint density at radius 3 is 2.22 bits per heavy atom. The third-order valence-electron chi connectivity index (χ3n) is 7.95. The van der Waals surface area contributed by atoms with Crippen LogP contribution in [0.2, 0.25) is 0 Å². The fourth-order valence-corrected chi connectivity index (χ4v) is 6.34. The highest BCUT2D eigenvalue weighted by Gasteiger charge is 2.64. The van der Waals surface area contributed by atoms with Crippen LogP contribution in [0.4, 0.5) is 0 Å². The Labute approximate surface area is 141 Å². The van der Waals surface area contributed by atoms with E-state index in [2.05, 4.69) is 34.3 Å². The quantitative estimate of drug-likeness (QED) is 0.724. The molecule has 132 valence electrons. The minimum absolute atomic E-state index is 0.0710. The Morgan fingerprint density at radius 2 is 1.61 bits per heavy atom. The summed E-state index contributed by atoms with van der Waals surface area (Å²) in [7, 11) is 0. The van der Waals surface area contributed by atoms with Gasteiger partial charge in [0.15, 0.2) is 0 Å². The smallest absolute Gasteiger partial charge is 0.110 e. The molecule has 1 aliphatic heterocycles. The first kappa shape index (κ1) is 17.4. The third-order valence-corrected chi connectivity index (χ3v) is 7.95. The lowest BCUT2D eigenvalue weighted by Gasteiger charge is -2.66. The van der Waals surface area contributed by atoms with Gasteiger partial charge in [0.1, 0.15) is 5.60 Å². The predicted molar refractivity (Wildman–Crippen MR) is 92.1 cm³/mol. The molecule has 0 aromatic carbocycles. The molecule has 23 heavy (non-hydrogen) atoms. The first-order chi connectivity index (χ1) is 10.5. The van der Waals surface area contributed by atoms with Gasteiger partial charge in [-0.3, -0.25) is 0 Å². The molecule has 0 unspecified atom stereocenters. The minimum Gasteiger partial charge on any atom is -0.393 e. The second-order valence-electron chi connectivity index (χ2n) is 9.58. The van der Waals surface area contributed by atoms with E-state index in [0.29, 0.717) is 11.8 Å². The molecule has 0 radical (unpaired) electrons. The molecule has 0 bridgehead atoms. The molecule has 2 N–H and O–H groups in total. The average Bonchev–Trinajstić information content (AvgIpc) is 2.46. The Balaban J connectivity index is 1.99. The van der Waals surface area contributed by atoms with Crippen LogP contribution >= 0.6 is 0 Å². The zero-order valence-corrected chi connectivity index (χ0v) is 15.4. The summed E-state index contributed by atoms with van der Waals surface area (Å²) in [5, 5.41) is 21.3. The molecule has 3 nitrogen and oxygen atoms in total. The highest BCUT2D eigenvalue weighted by Crippen LogP contribution is 2.65. The Bertz CT molecular complexity index is 501. The summed E-state index contributed by atoms with van der Waals surface area (Å²) in [5.74, 6) is 0.796. The summed E-state index contributed by atoms with van der Waals surface area (Å²) in [6.45, 7) is 14.9. The molecule has 0 spiro atoms. The summed E-state index contributed by atoms with van der Waals surface area (Å²) in [4.78, 5) is 0. The van der Waals surface area contributed by atoms with Crippen molar-refractivity contribution in [3.8, 4) is 0 Å². The van der Waals surface area contributed by atoms with Crippen molar-refractivity contribution in [2.24, 2.45) is 22.7 Å². The van der Waals surface area contributed by atoms with Crippen molar-refractivity contribution in [1.82, 2.24) is 0 Å². The Kier molecular flexibility index (Phi) is 3.84. The van der Waals surface area contributed by atoms with Crippen LogP contribution in [-0.4, -0.2) is 33.6 Å². The molecule has 3 aliphatic rings. The van der Waals surface area contributed by atoms with Crippen molar-refractivity contribution >= 4 is 0 Å². The van der Waals surface area contributed by atoms with Crippen molar-refractivity contribution in [1.29, 1.82) is 0 Å². The molecule has 0 amide bonds. The van der Waals surface area contributed by atoms with Gasteiger partial charge in [0.25, 0.3) is 0 Å². The maximum absolute atomic E-state index is 10.7. The predicted octanol–water partition coefficient (Wildman–Crippen LogP) is 3.68. The van der Waals surface area contributed by atoms with Crippen molar-refractivity contribution in [3.05, 3.63) is 12.7 Å². The van der Waals surface area contributed by atoms with E-state index in [1.54, 1.807) is 6.08 Å². The fourth-order valence-electron chi connectivity index (χ4n) is 6.34. The molecular formula is C20H34O3. The maximum Gasteiger partial charge on any atom is 0.110 e. The van der Waals surface area contributed by atoms with Crippen LogP contribution < -0.4 is 0 Å². The standard InChI is InChI=1S/C20H34O3/c1-7-19(5)16(22)12-14-18(4)10-9-15(21)17(2,3)13(18)8-11-20(14,6)23-19/h7,13-16,21-22H,1,8-12H2,2-6H3/t13-,14-,15+,16+,18+,19-,20-/m0/s1. The van der Waals surface area contributed by atoms with Gasteiger partial charge in [0.2, 0.25) is 0 Å². The normalized spacial score (nSPS) is 55.6. The van der Waals surface area contributed by atoms with Crippen LogP contribution in [-0.2, 0) is 4.74 Å². The SMILES string of the molecule is C=C[C@]1(C)O[C@@]2(C)CC[C@H]3C(C)(C)[C@H](O)CC[C@@]3(C)[C@@H]2C[C@H]1O. The highest BCUT2D eigenvalue weighted by atomic mass is 16.5. The summed E-state index contributed by atoms with van der Waals surface area (Å²) in [5.41, 5.74) is -0.832. The number of rotatable bonds is 1. The van der Waals surface area contributed by atoms with Crippen molar-refractivity contribution in [2.75, 3.05) is 0 Å². The van der Waals surface area contributed by atoms with Crippen molar-refractivity contribution in [3.63, 3.8) is 0 Å². The van der Waals surface area contributed by atoms with E-state index in [9.17, 15) is 10.2 Å². The summed E-state index contributed by atoms with van der Waals surface area (Å²) >= 11 is 0. The summed E-state index contributed by atoms with van der Waals surface area (Å²) in [6.07, 6.45) is 5.73. The summed E-state index contributed by atoms with van der Waals surface area (Å²) < 4.78 is 6.51. The van der Waals surface area contributed by atoms with Gasteiger partial charge in [-0.1, -0.05) is 26.8 Å². The minimum atomic E-state index is -0.655. The molecule has 2 aliphatic carbocycles. The molecule has 3 rings (SSSR count). The van der Waals surface area contributed by atoms with Crippen LogP contribution in [0.15, 0.2) is 12.7 Å². The molecule has 0 aromatic rings. The molecular weight excluding hydrogens is 288 g/mol. The largest absolute Gasteiger partial charge is 0.393 e. The van der Waals surface area contributed by atoms with Crippen molar-refractivity contribution in [2.45, 2.75) is 90.1 Å². The van der Waals surface area contributed by atoms with Gasteiger partial charge in [-0.25, -0.2) is 0 Å². The topological polar surface area (TPSA) is 49.7 Å². The Morgan fingerprint density at radius 1 is 0.957 bits per heavy atom. The molecule has 7 atom stereocenters. The number of aliphatic hydroxyl groups excluding tert-OH is 2. The number of fused-ring (bicyclic) bond motifs is 3. The number of ether oxygens (including phenoxy) is 1. The molecule has 1 saturated heterocycles. The lowest BCUT2D eigenvalue weighted by Crippen LogP contribution is -2.67. The Hall–Kier alpha value is -0.380. The molecule has 1 heterocycles. The molecule has 0 aromatic heterocycles. The second kappa shape index (κ2) is 5.06. The van der Waals surface area contributed by atoms with Gasteiger partial charge >= 0.3 is 0 Å². The van der Waals surface area contributed by atoms with Crippen LogP contribution in [0.1, 0.15) is 66.7 Å². The van der Waals surface area contributed by atoms with Gasteiger partial charge in [0.05, 0.1) is 17.8 Å². The van der Waals surface area contributed by atoms with E-state index in [0.717, 1.165) is 32.1 Å². The van der Waals surface area contributed by atoms with E-state index in [4.69, 9.17) is 4.74 Å². The first-order valence-electron chi connectivity index (χ1n) is 9.19. The van der Waals surface area contributed by atoms with Crippen LogP contribution in [0.5, 0.6) is 0 Å². The second-order valence-corrected chi connectivity index (χ2v) is 9.58. The third kappa shape index (κ3) is 2.26. The molecule has 3 fully saturated rings. The van der Waals surface area contributed by atoms with E-state index < -0.39 is 11.7 Å². The highest BCUT2D eigenvalue weighted by molar-refractivity contribution is 5.15. The summed E-state index contributed by atoms with van der Waals surface area (Å²) in [6, 6.07) is 0. The van der Waals surface area contributed by atoms with Gasteiger partial charge in [-0.2, -0.15) is 0 Å². The van der Waals surface area contributed by atoms with E-state index in [-0.39, 0.29) is 22.5 Å². The lowest BCUT2D eigenvalue weighted by atomic mass is 9.43. The zero-order chi connectivity index (χ0) is 17.3. The molecule has 3 heteroatoms. The molecule has 2 saturated carbocycles. The van der Waals surface area contributed by atoms with E-state index >= 15 is 0 Å². The number of aliphatic hydroxyl groups is 2. The van der Waals surface area contributed by atoms with Gasteiger partial charge < -0.3 is 14.9 Å². The van der Waals surface area contributed by atoms with E-state index in [1.807, 2.05) is 6.92 Å². The first-order valence-corrected chi connectivity index (χ1v) is 9.19. The number of hydrogen-bond donors (Lipinski definition) is 2. The van der Waals surface area contributed by atoms with Gasteiger partial charge in [0, 0.05) is 0 Å². The van der Waals surface area contributed by atoms with Gasteiger partial charge in [-0.15, -0.1) is 6.58 Å². The zero-order valence-electron chi connectivity index (χ0n) is 15.4. The van der Waals surface area contributed by atoms with Gasteiger partial charge in [-0.05, 0) is 68.6 Å². The van der Waals surface area contributed by atoms with Crippen LogP contribution in [0.3, 0.4) is 0 Å². The monoisotopic (exact) mass is 322 g/mol. The van der Waals surface area contributed by atoms with Crippen LogP contribution in [0, 0.1) is 22.7 Å². The fraction of sp³-hybridized carbons (Fsp3) is 0.900.